The second-order valence-corrected chi connectivity index (χ2v) is 4.96. The van der Waals surface area contributed by atoms with Gasteiger partial charge >= 0.3 is 5.97 Å². The summed E-state index contributed by atoms with van der Waals surface area (Å²) >= 11 is 0. The van der Waals surface area contributed by atoms with Crippen molar-refractivity contribution in [2.24, 2.45) is 5.92 Å². The molecule has 1 aromatic heterocycles. The number of likely N-dealkylation sites (tertiary alicyclic amines) is 1. The van der Waals surface area contributed by atoms with Crippen LogP contribution in [-0.4, -0.2) is 46.5 Å². The van der Waals surface area contributed by atoms with Crippen LogP contribution in [0.2, 0.25) is 0 Å². The van der Waals surface area contributed by atoms with Gasteiger partial charge in [0.15, 0.2) is 0 Å². The molecule has 1 aliphatic heterocycles. The standard InChI is InChI=1S/C14H19N3O3/c18-13(10-16-9-11-2-1-5-15-8-11)17-6-3-12(4-7-17)14(19)20/h1-2,5,8,12,16H,3-4,6-7,9-10H2,(H,19,20). The summed E-state index contributed by atoms with van der Waals surface area (Å²) in [4.78, 5) is 28.5. The minimum absolute atomic E-state index is 0.0257. The van der Waals surface area contributed by atoms with Gasteiger partial charge in [0, 0.05) is 32.0 Å². The Morgan fingerprint density at radius 3 is 2.75 bits per heavy atom. The van der Waals surface area contributed by atoms with Crippen LogP contribution in [0.3, 0.4) is 0 Å². The summed E-state index contributed by atoms with van der Waals surface area (Å²) in [6, 6.07) is 3.80. The lowest BCUT2D eigenvalue weighted by Gasteiger charge is -2.30. The number of aromatic nitrogens is 1. The fourth-order valence-corrected chi connectivity index (χ4v) is 2.30. The Morgan fingerprint density at radius 2 is 2.15 bits per heavy atom. The van der Waals surface area contributed by atoms with E-state index in [9.17, 15) is 9.59 Å². The number of carboxylic acids is 1. The molecule has 1 amide bonds. The minimum Gasteiger partial charge on any atom is -0.481 e. The van der Waals surface area contributed by atoms with E-state index >= 15 is 0 Å². The lowest BCUT2D eigenvalue weighted by molar-refractivity contribution is -0.145. The zero-order chi connectivity index (χ0) is 14.4. The molecule has 1 aromatic rings. The highest BCUT2D eigenvalue weighted by molar-refractivity contribution is 5.78. The number of hydrogen-bond acceptors (Lipinski definition) is 4. The highest BCUT2D eigenvalue weighted by atomic mass is 16.4. The summed E-state index contributed by atoms with van der Waals surface area (Å²) in [5.41, 5.74) is 1.03. The third-order valence-corrected chi connectivity index (χ3v) is 3.53. The van der Waals surface area contributed by atoms with Crippen LogP contribution in [0, 0.1) is 5.92 Å². The van der Waals surface area contributed by atoms with Gasteiger partial charge in [-0.15, -0.1) is 0 Å². The van der Waals surface area contributed by atoms with E-state index in [0.717, 1.165) is 5.56 Å². The Bertz CT molecular complexity index is 456. The van der Waals surface area contributed by atoms with E-state index in [4.69, 9.17) is 5.11 Å². The molecule has 0 saturated carbocycles. The molecule has 0 atom stereocenters. The molecule has 0 aliphatic carbocycles. The monoisotopic (exact) mass is 277 g/mol. The van der Waals surface area contributed by atoms with Crippen LogP contribution in [-0.2, 0) is 16.1 Å². The number of aliphatic carboxylic acids is 1. The fourth-order valence-electron chi connectivity index (χ4n) is 2.30. The van der Waals surface area contributed by atoms with Crippen LogP contribution in [0.1, 0.15) is 18.4 Å². The van der Waals surface area contributed by atoms with Gasteiger partial charge in [-0.05, 0) is 24.5 Å². The van der Waals surface area contributed by atoms with E-state index < -0.39 is 5.97 Å². The van der Waals surface area contributed by atoms with Crippen LogP contribution in [0.25, 0.3) is 0 Å². The average Bonchev–Trinajstić information content (AvgIpc) is 2.48. The first-order chi connectivity index (χ1) is 9.66. The number of carbonyl (C=O) groups excluding carboxylic acids is 1. The highest BCUT2D eigenvalue weighted by Crippen LogP contribution is 2.17. The maximum atomic E-state index is 12.0. The molecule has 2 rings (SSSR count). The smallest absolute Gasteiger partial charge is 0.306 e. The van der Waals surface area contributed by atoms with Crippen LogP contribution in [0.5, 0.6) is 0 Å². The quantitative estimate of drug-likeness (QED) is 0.818. The van der Waals surface area contributed by atoms with E-state index in [1.165, 1.54) is 0 Å². The van der Waals surface area contributed by atoms with Crippen molar-refractivity contribution in [2.45, 2.75) is 19.4 Å². The second-order valence-electron chi connectivity index (χ2n) is 4.96. The molecule has 1 fully saturated rings. The van der Waals surface area contributed by atoms with E-state index in [1.54, 1.807) is 17.3 Å². The number of carboxylic acid groups (broad SMARTS) is 1. The first-order valence-electron chi connectivity index (χ1n) is 6.77. The number of amides is 1. The number of piperidine rings is 1. The summed E-state index contributed by atoms with van der Waals surface area (Å²) in [7, 11) is 0. The zero-order valence-electron chi connectivity index (χ0n) is 11.3. The summed E-state index contributed by atoms with van der Waals surface area (Å²) in [6.07, 6.45) is 4.56. The van der Waals surface area contributed by atoms with Gasteiger partial charge in [-0.1, -0.05) is 6.07 Å². The number of nitrogens with one attached hydrogen (secondary N) is 1. The molecule has 108 valence electrons. The molecule has 6 nitrogen and oxygen atoms in total. The predicted octanol–water partition coefficient (Wildman–Crippen LogP) is 0.494. The lowest BCUT2D eigenvalue weighted by atomic mass is 9.97. The highest BCUT2D eigenvalue weighted by Gasteiger charge is 2.26. The normalized spacial score (nSPS) is 16.1. The maximum absolute atomic E-state index is 12.0. The molecule has 0 aromatic carbocycles. The topological polar surface area (TPSA) is 82.5 Å². The Kier molecular flexibility index (Phi) is 5.06. The molecule has 20 heavy (non-hydrogen) atoms. The van der Waals surface area contributed by atoms with Gasteiger partial charge in [0.1, 0.15) is 0 Å². The van der Waals surface area contributed by atoms with Crippen molar-refractivity contribution in [1.82, 2.24) is 15.2 Å². The molecule has 0 bridgehead atoms. The van der Waals surface area contributed by atoms with Crippen LogP contribution in [0.4, 0.5) is 0 Å². The lowest BCUT2D eigenvalue weighted by Crippen LogP contribution is -2.43. The number of hydrogen-bond donors (Lipinski definition) is 2. The Balaban J connectivity index is 1.69. The van der Waals surface area contributed by atoms with E-state index in [1.807, 2.05) is 12.1 Å². The Morgan fingerprint density at radius 1 is 1.40 bits per heavy atom. The van der Waals surface area contributed by atoms with Gasteiger partial charge in [-0.2, -0.15) is 0 Å². The number of rotatable bonds is 5. The Labute approximate surface area is 117 Å². The van der Waals surface area contributed by atoms with Crippen LogP contribution < -0.4 is 5.32 Å². The second kappa shape index (κ2) is 7.00. The van der Waals surface area contributed by atoms with E-state index in [2.05, 4.69) is 10.3 Å². The third kappa shape index (κ3) is 4.03. The Hall–Kier alpha value is -1.95. The predicted molar refractivity (Wildman–Crippen MR) is 72.9 cm³/mol. The molecule has 1 saturated heterocycles. The van der Waals surface area contributed by atoms with Crippen molar-refractivity contribution >= 4 is 11.9 Å². The SMILES string of the molecule is O=C(O)C1CCN(C(=O)CNCc2cccnc2)CC1. The van der Waals surface area contributed by atoms with Gasteiger partial charge < -0.3 is 15.3 Å². The van der Waals surface area contributed by atoms with Gasteiger partial charge in [-0.25, -0.2) is 0 Å². The summed E-state index contributed by atoms with van der Waals surface area (Å²) in [6.45, 7) is 1.94. The first kappa shape index (κ1) is 14.5. The van der Waals surface area contributed by atoms with Crippen LogP contribution in [0.15, 0.2) is 24.5 Å². The van der Waals surface area contributed by atoms with E-state index in [0.29, 0.717) is 32.5 Å². The summed E-state index contributed by atoms with van der Waals surface area (Å²) in [5.74, 6) is -1.04. The van der Waals surface area contributed by atoms with Crippen molar-refractivity contribution in [3.63, 3.8) is 0 Å². The molecule has 1 aliphatic rings. The maximum Gasteiger partial charge on any atom is 0.306 e. The molecule has 6 heteroatoms. The molecule has 2 N–H and O–H groups in total. The van der Waals surface area contributed by atoms with Crippen LogP contribution >= 0.6 is 0 Å². The number of pyridine rings is 1. The number of nitrogens with zero attached hydrogens (tertiary/aromatic N) is 2. The zero-order valence-corrected chi connectivity index (χ0v) is 11.3. The summed E-state index contributed by atoms with van der Waals surface area (Å²) < 4.78 is 0. The molecule has 0 unspecified atom stereocenters. The third-order valence-electron chi connectivity index (χ3n) is 3.53. The molecular formula is C14H19N3O3. The fraction of sp³-hybridized carbons (Fsp3) is 0.500. The average molecular weight is 277 g/mol. The molecular weight excluding hydrogens is 258 g/mol. The first-order valence-corrected chi connectivity index (χ1v) is 6.77. The number of carbonyl (C=O) groups is 2. The van der Waals surface area contributed by atoms with E-state index in [-0.39, 0.29) is 18.4 Å². The largest absolute Gasteiger partial charge is 0.481 e. The van der Waals surface area contributed by atoms with Crippen molar-refractivity contribution in [3.05, 3.63) is 30.1 Å². The van der Waals surface area contributed by atoms with Crippen molar-refractivity contribution in [2.75, 3.05) is 19.6 Å². The van der Waals surface area contributed by atoms with Gasteiger partial charge in [-0.3, -0.25) is 14.6 Å². The van der Waals surface area contributed by atoms with Crippen molar-refractivity contribution < 1.29 is 14.7 Å². The molecule has 2 heterocycles. The van der Waals surface area contributed by atoms with Gasteiger partial charge in [0.2, 0.25) is 5.91 Å². The molecule has 0 spiro atoms. The van der Waals surface area contributed by atoms with Gasteiger partial charge in [0.25, 0.3) is 0 Å². The van der Waals surface area contributed by atoms with Crippen molar-refractivity contribution in [3.8, 4) is 0 Å². The van der Waals surface area contributed by atoms with Gasteiger partial charge in [0.05, 0.1) is 12.5 Å². The molecule has 0 radical (unpaired) electrons. The minimum atomic E-state index is -0.758. The van der Waals surface area contributed by atoms with Crippen molar-refractivity contribution in [1.29, 1.82) is 0 Å². The summed E-state index contributed by atoms with van der Waals surface area (Å²) in [5, 5.41) is 12.0.